The number of sulfonamides is 1. The van der Waals surface area contributed by atoms with Crippen molar-refractivity contribution in [2.24, 2.45) is 0 Å². The van der Waals surface area contributed by atoms with Gasteiger partial charge in [-0.05, 0) is 12.1 Å². The number of amides is 1. The summed E-state index contributed by atoms with van der Waals surface area (Å²) in [7, 11) is -1.76. The summed E-state index contributed by atoms with van der Waals surface area (Å²) in [4.78, 5) is 13.1. The molecule has 0 atom stereocenters. The Hall–Kier alpha value is -2.00. The lowest BCUT2D eigenvalue weighted by Gasteiger charge is -2.14. The topological polar surface area (TPSA) is 97.2 Å². The summed E-state index contributed by atoms with van der Waals surface area (Å²) in [6, 6.07) is 7.33. The van der Waals surface area contributed by atoms with Gasteiger partial charge in [0.1, 0.15) is 17.6 Å². The predicted molar refractivity (Wildman–Crippen MR) is 78.0 cm³/mol. The number of rotatable bonds is 6. The highest BCUT2D eigenvalue weighted by Gasteiger charge is 2.11. The summed E-state index contributed by atoms with van der Waals surface area (Å²) in [5.74, 6) is -0.266. The smallest absolute Gasteiger partial charge is 0.243 e. The van der Waals surface area contributed by atoms with Crippen LogP contribution in [0.25, 0.3) is 11.0 Å². The average Bonchev–Trinajstić information content (AvgIpc) is 2.79. The number of likely N-dealkylation sites (N-methyl/N-ethyl adjacent to an activating group) is 1. The van der Waals surface area contributed by atoms with E-state index in [1.54, 1.807) is 0 Å². The SMILES string of the molecule is CN(CCNC(=O)Cn1nc2ccccc2n1)S(C)(=O)=O. The minimum atomic E-state index is -3.22. The van der Waals surface area contributed by atoms with Gasteiger partial charge in [-0.3, -0.25) is 4.79 Å². The Labute approximate surface area is 122 Å². The Morgan fingerprint density at radius 1 is 1.29 bits per heavy atom. The molecule has 0 saturated heterocycles. The second kappa shape index (κ2) is 6.19. The molecule has 0 radical (unpaired) electrons. The first kappa shape index (κ1) is 15.4. The van der Waals surface area contributed by atoms with Gasteiger partial charge >= 0.3 is 0 Å². The summed E-state index contributed by atoms with van der Waals surface area (Å²) in [5, 5.41) is 11.0. The lowest BCUT2D eigenvalue weighted by atomic mass is 10.3. The van der Waals surface area contributed by atoms with Crippen molar-refractivity contribution in [3.05, 3.63) is 24.3 Å². The number of benzene rings is 1. The summed E-state index contributed by atoms with van der Waals surface area (Å²) in [6.45, 7) is 0.458. The van der Waals surface area contributed by atoms with Crippen molar-refractivity contribution in [1.29, 1.82) is 0 Å². The fourth-order valence-corrected chi connectivity index (χ4v) is 2.10. The Kier molecular flexibility index (Phi) is 4.53. The van der Waals surface area contributed by atoms with E-state index in [9.17, 15) is 13.2 Å². The van der Waals surface area contributed by atoms with Crippen molar-refractivity contribution in [3.8, 4) is 0 Å². The third-order valence-electron chi connectivity index (χ3n) is 2.93. The predicted octanol–water partition coefficient (Wildman–Crippen LogP) is -0.561. The van der Waals surface area contributed by atoms with Gasteiger partial charge in [0.25, 0.3) is 0 Å². The maximum atomic E-state index is 11.7. The lowest BCUT2D eigenvalue weighted by molar-refractivity contribution is -0.122. The quantitative estimate of drug-likeness (QED) is 0.771. The minimum Gasteiger partial charge on any atom is -0.353 e. The summed E-state index contributed by atoms with van der Waals surface area (Å²) in [6.07, 6.45) is 1.12. The van der Waals surface area contributed by atoms with Gasteiger partial charge in [0.2, 0.25) is 15.9 Å². The number of hydrogen-bond acceptors (Lipinski definition) is 5. The van der Waals surface area contributed by atoms with E-state index in [4.69, 9.17) is 0 Å². The molecule has 1 amide bonds. The van der Waals surface area contributed by atoms with Gasteiger partial charge < -0.3 is 5.32 Å². The van der Waals surface area contributed by atoms with Crippen LogP contribution in [-0.2, 0) is 21.4 Å². The number of hydrogen-bond donors (Lipinski definition) is 1. The maximum absolute atomic E-state index is 11.7. The fraction of sp³-hybridized carbons (Fsp3) is 0.417. The number of carbonyl (C=O) groups is 1. The lowest BCUT2D eigenvalue weighted by Crippen LogP contribution is -2.37. The number of carbonyl (C=O) groups excluding carboxylic acids is 1. The standard InChI is InChI=1S/C12H17N5O3S/c1-16(21(2,19)20)8-7-13-12(18)9-17-14-10-5-3-4-6-11(10)15-17/h3-6H,7-9H2,1-2H3,(H,13,18). The molecule has 0 aliphatic carbocycles. The minimum absolute atomic E-state index is 0.00271. The largest absolute Gasteiger partial charge is 0.353 e. The summed E-state index contributed by atoms with van der Waals surface area (Å²) >= 11 is 0. The Bertz CT molecular complexity index is 707. The number of nitrogens with one attached hydrogen (secondary N) is 1. The zero-order valence-corrected chi connectivity index (χ0v) is 12.7. The second-order valence-corrected chi connectivity index (χ2v) is 6.74. The monoisotopic (exact) mass is 311 g/mol. The van der Waals surface area contributed by atoms with Crippen LogP contribution >= 0.6 is 0 Å². The molecule has 114 valence electrons. The van der Waals surface area contributed by atoms with Gasteiger partial charge in [-0.2, -0.15) is 15.0 Å². The molecule has 1 N–H and O–H groups in total. The molecule has 9 heteroatoms. The van der Waals surface area contributed by atoms with Gasteiger partial charge in [-0.15, -0.1) is 0 Å². The van der Waals surface area contributed by atoms with E-state index in [-0.39, 0.29) is 25.5 Å². The van der Waals surface area contributed by atoms with Crippen LogP contribution in [0.2, 0.25) is 0 Å². The first-order valence-corrected chi connectivity index (χ1v) is 8.19. The van der Waals surface area contributed by atoms with E-state index >= 15 is 0 Å². The number of aromatic nitrogens is 3. The highest BCUT2D eigenvalue weighted by atomic mass is 32.2. The van der Waals surface area contributed by atoms with Gasteiger partial charge in [0.05, 0.1) is 6.26 Å². The molecule has 0 saturated carbocycles. The van der Waals surface area contributed by atoms with Gasteiger partial charge in [0, 0.05) is 20.1 Å². The zero-order chi connectivity index (χ0) is 15.5. The van der Waals surface area contributed by atoms with E-state index in [1.807, 2.05) is 24.3 Å². The molecule has 0 aliphatic heterocycles. The Morgan fingerprint density at radius 3 is 2.38 bits per heavy atom. The van der Waals surface area contributed by atoms with E-state index in [0.29, 0.717) is 0 Å². The van der Waals surface area contributed by atoms with E-state index in [1.165, 1.54) is 16.1 Å². The van der Waals surface area contributed by atoms with Crippen LogP contribution in [0.5, 0.6) is 0 Å². The summed E-state index contributed by atoms with van der Waals surface area (Å²) < 4.78 is 23.5. The van der Waals surface area contributed by atoms with Crippen LogP contribution in [0.4, 0.5) is 0 Å². The third-order valence-corrected chi connectivity index (χ3v) is 4.24. The summed E-state index contributed by atoms with van der Waals surface area (Å²) in [5.41, 5.74) is 1.45. The van der Waals surface area contributed by atoms with Crippen LogP contribution in [0.15, 0.2) is 24.3 Å². The zero-order valence-electron chi connectivity index (χ0n) is 11.9. The second-order valence-electron chi connectivity index (χ2n) is 4.65. The molecule has 0 fully saturated rings. The molecule has 1 aromatic carbocycles. The fourth-order valence-electron chi connectivity index (χ4n) is 1.68. The van der Waals surface area contributed by atoms with E-state index in [0.717, 1.165) is 17.3 Å². The maximum Gasteiger partial charge on any atom is 0.243 e. The Morgan fingerprint density at radius 2 is 1.86 bits per heavy atom. The molecule has 21 heavy (non-hydrogen) atoms. The molecule has 0 spiro atoms. The van der Waals surface area contributed by atoms with Gasteiger partial charge in [-0.1, -0.05) is 12.1 Å². The number of nitrogens with zero attached hydrogens (tertiary/aromatic N) is 4. The molecule has 1 aromatic heterocycles. The first-order valence-electron chi connectivity index (χ1n) is 6.34. The Balaban J connectivity index is 1.84. The molecule has 0 aliphatic rings. The van der Waals surface area contributed by atoms with Gasteiger partial charge in [0.15, 0.2) is 0 Å². The normalized spacial score (nSPS) is 12.0. The molecular formula is C12H17N5O3S. The molecule has 2 aromatic rings. The van der Waals surface area contributed by atoms with Crippen molar-refractivity contribution in [2.45, 2.75) is 6.54 Å². The highest BCUT2D eigenvalue weighted by molar-refractivity contribution is 7.88. The third kappa shape index (κ3) is 4.23. The van der Waals surface area contributed by atoms with Crippen LogP contribution in [0.3, 0.4) is 0 Å². The molecule has 0 unspecified atom stereocenters. The van der Waals surface area contributed by atoms with E-state index < -0.39 is 10.0 Å². The van der Waals surface area contributed by atoms with E-state index in [2.05, 4.69) is 15.5 Å². The van der Waals surface area contributed by atoms with Crippen LogP contribution < -0.4 is 5.32 Å². The van der Waals surface area contributed by atoms with Crippen molar-refractivity contribution >= 4 is 27.0 Å². The average molecular weight is 311 g/mol. The number of fused-ring (bicyclic) bond motifs is 1. The van der Waals surface area contributed by atoms with Crippen molar-refractivity contribution in [3.63, 3.8) is 0 Å². The van der Waals surface area contributed by atoms with Crippen molar-refractivity contribution < 1.29 is 13.2 Å². The molecular weight excluding hydrogens is 294 g/mol. The van der Waals surface area contributed by atoms with Gasteiger partial charge in [-0.25, -0.2) is 12.7 Å². The molecule has 0 bridgehead atoms. The van der Waals surface area contributed by atoms with Crippen molar-refractivity contribution in [1.82, 2.24) is 24.6 Å². The highest BCUT2D eigenvalue weighted by Crippen LogP contribution is 2.06. The van der Waals surface area contributed by atoms with Crippen molar-refractivity contribution in [2.75, 3.05) is 26.4 Å². The molecule has 8 nitrogen and oxygen atoms in total. The van der Waals surface area contributed by atoms with Crippen LogP contribution in [-0.4, -0.2) is 60.0 Å². The van der Waals surface area contributed by atoms with Crippen LogP contribution in [0, 0.1) is 0 Å². The first-order chi connectivity index (χ1) is 9.86. The van der Waals surface area contributed by atoms with Crippen LogP contribution in [0.1, 0.15) is 0 Å². The molecule has 1 heterocycles. The molecule has 2 rings (SSSR count).